The molecule has 3 aliphatic rings. The number of benzene rings is 1. The molecule has 4 heterocycles. The summed E-state index contributed by atoms with van der Waals surface area (Å²) in [4.78, 5) is 128. The van der Waals surface area contributed by atoms with E-state index in [9.17, 15) is 58.5 Å². The van der Waals surface area contributed by atoms with Gasteiger partial charge in [0.25, 0.3) is 0 Å². The zero-order valence-electron chi connectivity index (χ0n) is 35.3. The molecule has 1 aromatic carbocycles. The third kappa shape index (κ3) is 12.0. The number of carbonyl (C=O) groups is 9. The molecule has 63 heavy (non-hydrogen) atoms. The summed E-state index contributed by atoms with van der Waals surface area (Å²) in [5.41, 5.74) is 6.32. The fourth-order valence-corrected chi connectivity index (χ4v) is 8.74. The van der Waals surface area contributed by atoms with Gasteiger partial charge in [-0.05, 0) is 30.5 Å². The van der Waals surface area contributed by atoms with Gasteiger partial charge in [0.15, 0.2) is 5.78 Å². The SMILES string of the molecule is CC[C@H](C)[C@@H]1NC(=O)CNCC(=O)[C@H]2Cc3c([nH]c4cc(O)ccc34)SC[C@@H](NC(=O)CNC1=O)C(=O)N[C@H](CC(N)=O)C(=O)N1C[C@H](O)C[C@@H]1C(=O)N[C@H]([C@H](C)[C@H](C)O)C(=O)N2. The highest BCUT2D eigenvalue weighted by Gasteiger charge is 2.44. The van der Waals surface area contributed by atoms with Crippen molar-refractivity contribution in [2.75, 3.05) is 31.9 Å². The van der Waals surface area contributed by atoms with Crippen molar-refractivity contribution in [2.45, 2.75) is 107 Å². The van der Waals surface area contributed by atoms with Gasteiger partial charge in [-0.1, -0.05) is 27.2 Å². The predicted octanol–water partition coefficient (Wildman–Crippen LogP) is -3.87. The fourth-order valence-electron chi connectivity index (χ4n) is 7.62. The predicted molar refractivity (Wildman–Crippen MR) is 225 cm³/mol. The molecule has 0 radical (unpaired) electrons. The van der Waals surface area contributed by atoms with E-state index in [0.717, 1.165) is 16.7 Å². The molecule has 5 rings (SSSR count). The van der Waals surface area contributed by atoms with Crippen LogP contribution in [0.25, 0.3) is 10.9 Å². The first-order valence-corrected chi connectivity index (χ1v) is 21.7. The molecule has 23 heteroatoms. The normalized spacial score (nSPS) is 27.9. The molecule has 1 saturated heterocycles. The minimum Gasteiger partial charge on any atom is -0.508 e. The highest BCUT2D eigenvalue weighted by Crippen LogP contribution is 2.33. The number of hydrogen-bond donors (Lipinski definition) is 12. The van der Waals surface area contributed by atoms with Crippen molar-refractivity contribution in [3.63, 3.8) is 0 Å². The van der Waals surface area contributed by atoms with E-state index in [1.165, 1.54) is 26.0 Å². The average molecular weight is 901 g/mol. The largest absolute Gasteiger partial charge is 0.508 e. The van der Waals surface area contributed by atoms with Gasteiger partial charge < -0.3 is 68.2 Å². The lowest BCUT2D eigenvalue weighted by Gasteiger charge is -2.32. The Morgan fingerprint density at radius 2 is 1.59 bits per heavy atom. The maximum atomic E-state index is 14.4. The number of aromatic amines is 1. The van der Waals surface area contributed by atoms with Crippen molar-refractivity contribution < 1.29 is 58.5 Å². The maximum Gasteiger partial charge on any atom is 0.246 e. The first-order valence-electron chi connectivity index (χ1n) is 20.7. The second kappa shape index (κ2) is 21.1. The maximum absolute atomic E-state index is 14.4. The number of ketones is 1. The summed E-state index contributed by atoms with van der Waals surface area (Å²) in [6.07, 6.45) is -3.32. The van der Waals surface area contributed by atoms with Crippen LogP contribution in [-0.2, 0) is 49.6 Å². The second-order valence-corrected chi connectivity index (χ2v) is 17.3. The van der Waals surface area contributed by atoms with Gasteiger partial charge >= 0.3 is 0 Å². The number of aromatic hydroxyl groups is 1. The van der Waals surface area contributed by atoms with Crippen molar-refractivity contribution in [3.05, 3.63) is 23.8 Å². The summed E-state index contributed by atoms with van der Waals surface area (Å²) in [5, 5.41) is 50.8. The summed E-state index contributed by atoms with van der Waals surface area (Å²) in [6.45, 7) is 4.38. The number of carbonyl (C=O) groups excluding carboxylic acids is 9. The lowest BCUT2D eigenvalue weighted by Crippen LogP contribution is -2.61. The topological polar surface area (TPSA) is 344 Å². The van der Waals surface area contributed by atoms with Crippen molar-refractivity contribution in [2.24, 2.45) is 17.6 Å². The van der Waals surface area contributed by atoms with Crippen LogP contribution in [0.3, 0.4) is 0 Å². The second-order valence-electron chi connectivity index (χ2n) is 16.3. The molecule has 0 saturated carbocycles. The van der Waals surface area contributed by atoms with Crippen LogP contribution in [0.15, 0.2) is 23.2 Å². The number of fused-ring (bicyclic) bond motifs is 5. The van der Waals surface area contributed by atoms with Gasteiger partial charge in [-0.25, -0.2) is 0 Å². The monoisotopic (exact) mass is 900 g/mol. The van der Waals surface area contributed by atoms with Crippen LogP contribution in [0.1, 0.15) is 52.5 Å². The Balaban J connectivity index is 1.68. The van der Waals surface area contributed by atoms with Gasteiger partial charge in [0, 0.05) is 42.5 Å². The molecule has 0 aliphatic carbocycles. The number of aromatic nitrogens is 1. The van der Waals surface area contributed by atoms with E-state index in [1.807, 2.05) is 0 Å². The van der Waals surface area contributed by atoms with Crippen molar-refractivity contribution >= 4 is 75.7 Å². The molecule has 2 bridgehead atoms. The Morgan fingerprint density at radius 3 is 2.27 bits per heavy atom. The molecule has 344 valence electrons. The van der Waals surface area contributed by atoms with Gasteiger partial charge in [-0.2, -0.15) is 0 Å². The third-order valence-corrected chi connectivity index (χ3v) is 12.7. The number of hydrogen-bond acceptors (Lipinski definition) is 14. The molecule has 1 aromatic heterocycles. The summed E-state index contributed by atoms with van der Waals surface area (Å²) in [7, 11) is 0. The van der Waals surface area contributed by atoms with Gasteiger partial charge in [0.05, 0.1) is 54.8 Å². The van der Waals surface area contributed by atoms with Crippen LogP contribution >= 0.6 is 11.8 Å². The van der Waals surface area contributed by atoms with Crippen LogP contribution in [-0.4, -0.2) is 159 Å². The van der Waals surface area contributed by atoms with Gasteiger partial charge in [0.1, 0.15) is 36.0 Å². The molecule has 8 amide bonds. The molecular formula is C40H56N10O12S. The van der Waals surface area contributed by atoms with E-state index in [1.54, 1.807) is 19.9 Å². The van der Waals surface area contributed by atoms with Gasteiger partial charge in [-0.15, -0.1) is 11.8 Å². The fraction of sp³-hybridized carbons (Fsp3) is 0.575. The standard InChI is InChI=1S/C40H56N10O12S/c1-5-17(2)33-37(60)43-14-32(57)44-27-16-63-39-23(22-7-6-20(52)8-24(22)47-39)10-25(29(54)12-42-13-31(56)48-33)45-38(61)34(18(3)19(4)51)49-36(59)28-9-21(53)15-50(28)40(62)26(11-30(41)55)46-35(27)58/h6-8,17-19,21,25-28,33-34,42,47,51-53H,5,9-16H2,1-4H3,(H2,41,55)(H,43,60)(H,44,57)(H,45,61)(H,46,58)(H,48,56)(H,49,59)/t17-,18+,19-,21+,25+,26+,27+,28+,33-,34+/m0/s1. The average Bonchev–Trinajstić information content (AvgIpc) is 3.78. The number of nitrogens with two attached hydrogens (primary N) is 1. The quantitative estimate of drug-likeness (QED) is 0.132. The molecule has 2 aromatic rings. The van der Waals surface area contributed by atoms with Crippen molar-refractivity contribution in [1.82, 2.24) is 47.1 Å². The van der Waals surface area contributed by atoms with E-state index >= 15 is 0 Å². The molecule has 1 fully saturated rings. The number of nitrogens with zero attached hydrogens (tertiary/aromatic N) is 1. The first-order chi connectivity index (χ1) is 29.8. The third-order valence-electron chi connectivity index (χ3n) is 11.6. The smallest absolute Gasteiger partial charge is 0.246 e. The summed E-state index contributed by atoms with van der Waals surface area (Å²) >= 11 is 0.991. The summed E-state index contributed by atoms with van der Waals surface area (Å²) in [6, 6.07) is -4.32. The minimum atomic E-state index is -1.71. The van der Waals surface area contributed by atoms with E-state index in [0.29, 0.717) is 27.9 Å². The van der Waals surface area contributed by atoms with Crippen molar-refractivity contribution in [3.8, 4) is 5.75 Å². The van der Waals surface area contributed by atoms with Gasteiger partial charge in [-0.3, -0.25) is 43.2 Å². The number of amides is 8. The Labute approximate surface area is 366 Å². The zero-order valence-corrected chi connectivity index (χ0v) is 36.1. The molecule has 13 N–H and O–H groups in total. The van der Waals surface area contributed by atoms with Crippen LogP contribution in [0.4, 0.5) is 0 Å². The summed E-state index contributed by atoms with van der Waals surface area (Å²) in [5.74, 6) is -9.49. The molecular weight excluding hydrogens is 845 g/mol. The molecule has 10 atom stereocenters. The Bertz CT molecular complexity index is 2110. The number of thioether (sulfide) groups is 1. The highest BCUT2D eigenvalue weighted by atomic mass is 32.2. The number of phenols is 1. The number of primary amides is 1. The van der Waals surface area contributed by atoms with Crippen LogP contribution in [0.2, 0.25) is 0 Å². The molecule has 3 aliphatic heterocycles. The van der Waals surface area contributed by atoms with Gasteiger partial charge in [0.2, 0.25) is 47.3 Å². The van der Waals surface area contributed by atoms with Crippen molar-refractivity contribution in [1.29, 1.82) is 0 Å². The number of nitrogens with one attached hydrogen (secondary N) is 8. The zero-order chi connectivity index (χ0) is 46.3. The number of phenolic OH excluding ortho intramolecular Hbond substituents is 1. The number of aliphatic hydroxyl groups is 2. The minimum absolute atomic E-state index is 0.117. The van der Waals surface area contributed by atoms with E-state index in [-0.39, 0.29) is 24.3 Å². The number of Topliss-reactive ketones (excluding diaryl/α,β-unsaturated/α-hetero) is 1. The Kier molecular flexibility index (Phi) is 16.1. The van der Waals surface area contributed by atoms with E-state index < -0.39 is 146 Å². The highest BCUT2D eigenvalue weighted by molar-refractivity contribution is 7.99. The van der Waals surface area contributed by atoms with E-state index in [2.05, 4.69) is 42.2 Å². The van der Waals surface area contributed by atoms with Crippen LogP contribution < -0.4 is 43.0 Å². The number of rotatable bonds is 6. The number of H-pyrrole nitrogens is 1. The lowest BCUT2D eigenvalue weighted by molar-refractivity contribution is -0.144. The van der Waals surface area contributed by atoms with Crippen LogP contribution in [0.5, 0.6) is 5.75 Å². The van der Waals surface area contributed by atoms with E-state index in [4.69, 9.17) is 5.73 Å². The number of aliphatic hydroxyl groups excluding tert-OH is 2. The molecule has 0 spiro atoms. The molecule has 0 unspecified atom stereocenters. The Hall–Kier alpha value is -5.78. The lowest BCUT2D eigenvalue weighted by atomic mass is 9.94. The summed E-state index contributed by atoms with van der Waals surface area (Å²) < 4.78 is 0. The first kappa shape index (κ1) is 48.3. The Morgan fingerprint density at radius 1 is 0.873 bits per heavy atom. The molecule has 22 nitrogen and oxygen atoms in total. The van der Waals surface area contributed by atoms with Crippen LogP contribution in [0, 0.1) is 11.8 Å².